The van der Waals surface area contributed by atoms with Crippen molar-refractivity contribution in [3.05, 3.63) is 0 Å². The molecule has 0 unspecified atom stereocenters. The van der Waals surface area contributed by atoms with Gasteiger partial charge in [-0.15, -0.1) is 0 Å². The molecule has 98 valence electrons. The molecule has 7 nitrogen and oxygen atoms in total. The van der Waals surface area contributed by atoms with Gasteiger partial charge >= 0.3 is 12.0 Å². The molecule has 0 heterocycles. The minimum atomic E-state index is -1.30. The number of nitrogens with one attached hydrogen (secondary N) is 1. The maximum absolute atomic E-state index is 11.8. The monoisotopic (exact) mass is 246 g/mol. The zero-order valence-corrected chi connectivity index (χ0v) is 9.50. The van der Waals surface area contributed by atoms with E-state index in [-0.39, 0.29) is 19.2 Å². The molecule has 2 amide bonds. The summed E-state index contributed by atoms with van der Waals surface area (Å²) in [5, 5.41) is 28.6. The maximum Gasteiger partial charge on any atom is 0.328 e. The Kier molecular flexibility index (Phi) is 5.17. The number of amides is 2. The molecule has 0 spiro atoms. The summed E-state index contributed by atoms with van der Waals surface area (Å²) in [4.78, 5) is 23.9. The predicted octanol–water partition coefficient (Wildman–Crippen LogP) is -1.01. The normalized spacial score (nSPS) is 17.1. The average Bonchev–Trinajstić information content (AvgIpc) is 2.22. The summed E-state index contributed by atoms with van der Waals surface area (Å²) in [6.07, 6.45) is 2.76. The quantitative estimate of drug-likeness (QED) is 0.480. The van der Waals surface area contributed by atoms with Crippen molar-refractivity contribution in [2.45, 2.75) is 31.3 Å². The zero-order valence-electron chi connectivity index (χ0n) is 9.50. The lowest BCUT2D eigenvalue weighted by Gasteiger charge is -2.37. The number of carboxylic acid groups (broad SMARTS) is 1. The van der Waals surface area contributed by atoms with Crippen LogP contribution in [0.4, 0.5) is 4.79 Å². The minimum Gasteiger partial charge on any atom is -0.480 e. The van der Waals surface area contributed by atoms with Crippen LogP contribution in [-0.2, 0) is 4.79 Å². The van der Waals surface area contributed by atoms with E-state index < -0.39 is 24.6 Å². The molecule has 0 radical (unpaired) electrons. The number of hydrogen-bond acceptors (Lipinski definition) is 4. The Morgan fingerprint density at radius 1 is 1.35 bits per heavy atom. The van der Waals surface area contributed by atoms with Gasteiger partial charge < -0.3 is 25.5 Å². The smallest absolute Gasteiger partial charge is 0.328 e. The van der Waals surface area contributed by atoms with Gasteiger partial charge in [-0.2, -0.15) is 0 Å². The molecule has 1 rings (SSSR count). The van der Waals surface area contributed by atoms with E-state index in [0.29, 0.717) is 0 Å². The first-order valence-electron chi connectivity index (χ1n) is 5.61. The van der Waals surface area contributed by atoms with Gasteiger partial charge in [0.25, 0.3) is 0 Å². The fourth-order valence-electron chi connectivity index (χ4n) is 1.67. The summed E-state index contributed by atoms with van der Waals surface area (Å²) >= 11 is 0. The summed E-state index contributed by atoms with van der Waals surface area (Å²) < 4.78 is 0. The van der Waals surface area contributed by atoms with Crippen LogP contribution in [0.1, 0.15) is 19.3 Å². The molecule has 0 saturated heterocycles. The van der Waals surface area contributed by atoms with E-state index in [0.717, 1.165) is 19.3 Å². The molecule has 0 aromatic rings. The molecule has 4 N–H and O–H groups in total. The molecule has 1 atom stereocenters. The van der Waals surface area contributed by atoms with Crippen molar-refractivity contribution >= 4 is 12.0 Å². The lowest BCUT2D eigenvalue weighted by molar-refractivity contribution is -0.140. The number of carboxylic acids is 1. The van der Waals surface area contributed by atoms with Crippen molar-refractivity contribution in [1.29, 1.82) is 0 Å². The lowest BCUT2D eigenvalue weighted by Crippen LogP contribution is -2.54. The molecule has 1 saturated carbocycles. The van der Waals surface area contributed by atoms with E-state index in [2.05, 4.69) is 5.32 Å². The van der Waals surface area contributed by atoms with Crippen LogP contribution >= 0.6 is 0 Å². The Balaban J connectivity index is 2.54. The second-order valence-electron chi connectivity index (χ2n) is 4.02. The van der Waals surface area contributed by atoms with E-state index in [4.69, 9.17) is 15.3 Å². The molecule has 1 fully saturated rings. The fourth-order valence-corrected chi connectivity index (χ4v) is 1.67. The van der Waals surface area contributed by atoms with E-state index >= 15 is 0 Å². The van der Waals surface area contributed by atoms with Crippen LogP contribution in [0, 0.1) is 0 Å². The van der Waals surface area contributed by atoms with Crippen LogP contribution in [0.3, 0.4) is 0 Å². The molecule has 0 aliphatic heterocycles. The molecule has 7 heteroatoms. The van der Waals surface area contributed by atoms with Gasteiger partial charge in [0.1, 0.15) is 0 Å². The van der Waals surface area contributed by atoms with Crippen molar-refractivity contribution < 1.29 is 24.9 Å². The summed E-state index contributed by atoms with van der Waals surface area (Å²) in [6.45, 7) is -0.645. The Bertz CT molecular complexity index is 280. The molecule has 0 aromatic carbocycles. The topological polar surface area (TPSA) is 110 Å². The first-order chi connectivity index (χ1) is 8.10. The largest absolute Gasteiger partial charge is 0.480 e. The van der Waals surface area contributed by atoms with E-state index in [1.807, 2.05) is 0 Å². The van der Waals surface area contributed by atoms with Gasteiger partial charge in [-0.3, -0.25) is 0 Å². The number of aliphatic hydroxyl groups is 2. The zero-order chi connectivity index (χ0) is 12.8. The number of aliphatic carboxylic acids is 1. The van der Waals surface area contributed by atoms with Gasteiger partial charge in [0.2, 0.25) is 0 Å². The summed E-state index contributed by atoms with van der Waals surface area (Å²) in [6, 6.07) is -1.79. The molecular formula is C10H18N2O5. The third-order valence-electron chi connectivity index (χ3n) is 2.90. The predicted molar refractivity (Wildman–Crippen MR) is 58.5 cm³/mol. The van der Waals surface area contributed by atoms with Gasteiger partial charge in [0.05, 0.1) is 13.2 Å². The number of urea groups is 1. The fraction of sp³-hybridized carbons (Fsp3) is 0.800. The van der Waals surface area contributed by atoms with Crippen LogP contribution in [0.5, 0.6) is 0 Å². The molecular weight excluding hydrogens is 228 g/mol. The lowest BCUT2D eigenvalue weighted by atomic mass is 9.91. The molecule has 1 aliphatic rings. The Labute approximate surface area is 99.0 Å². The van der Waals surface area contributed by atoms with Gasteiger partial charge in [0, 0.05) is 12.6 Å². The van der Waals surface area contributed by atoms with Gasteiger partial charge in [-0.25, -0.2) is 9.59 Å². The SMILES string of the molecule is O=C(O)[C@H](CO)NC(=O)N(CCO)C1CCC1. The average molecular weight is 246 g/mol. The maximum atomic E-state index is 11.8. The van der Waals surface area contributed by atoms with Gasteiger partial charge in [-0.1, -0.05) is 0 Å². The number of carbonyl (C=O) groups is 2. The van der Waals surface area contributed by atoms with E-state index in [1.165, 1.54) is 4.90 Å². The number of rotatable bonds is 6. The standard InChI is InChI=1S/C10H18N2O5/c13-5-4-12(7-2-1-3-7)10(17)11-8(6-14)9(15)16/h7-8,13-14H,1-6H2,(H,11,17)(H,15,16)/t8-/m0/s1. The van der Waals surface area contributed by atoms with Gasteiger partial charge in [-0.05, 0) is 19.3 Å². The van der Waals surface area contributed by atoms with Crippen molar-refractivity contribution in [3.63, 3.8) is 0 Å². The second kappa shape index (κ2) is 6.41. The van der Waals surface area contributed by atoms with E-state index in [1.54, 1.807) is 0 Å². The van der Waals surface area contributed by atoms with Crippen molar-refractivity contribution in [3.8, 4) is 0 Å². The number of hydrogen-bond donors (Lipinski definition) is 4. The van der Waals surface area contributed by atoms with Crippen molar-refractivity contribution in [2.24, 2.45) is 0 Å². The van der Waals surface area contributed by atoms with E-state index in [9.17, 15) is 9.59 Å². The molecule has 1 aliphatic carbocycles. The van der Waals surface area contributed by atoms with Gasteiger partial charge in [0.15, 0.2) is 6.04 Å². The van der Waals surface area contributed by atoms with Crippen LogP contribution in [-0.4, -0.2) is 64.1 Å². The summed E-state index contributed by atoms with van der Waals surface area (Å²) in [7, 11) is 0. The van der Waals surface area contributed by atoms with Crippen LogP contribution in [0.2, 0.25) is 0 Å². The highest BCUT2D eigenvalue weighted by molar-refractivity contribution is 5.82. The van der Waals surface area contributed by atoms with Crippen LogP contribution in [0.15, 0.2) is 0 Å². The Morgan fingerprint density at radius 2 is 2.00 bits per heavy atom. The summed E-state index contributed by atoms with van der Waals surface area (Å²) in [5.41, 5.74) is 0. The molecule has 0 aromatic heterocycles. The third kappa shape index (κ3) is 3.57. The first kappa shape index (κ1) is 13.7. The van der Waals surface area contributed by atoms with Crippen LogP contribution < -0.4 is 5.32 Å². The number of nitrogens with zero attached hydrogens (tertiary/aromatic N) is 1. The number of aliphatic hydroxyl groups excluding tert-OH is 2. The van der Waals surface area contributed by atoms with Crippen molar-refractivity contribution in [1.82, 2.24) is 10.2 Å². The van der Waals surface area contributed by atoms with Crippen molar-refractivity contribution in [2.75, 3.05) is 19.8 Å². The number of carbonyl (C=O) groups excluding carboxylic acids is 1. The minimum absolute atomic E-state index is 0.0651. The first-order valence-corrected chi connectivity index (χ1v) is 5.61. The van der Waals surface area contributed by atoms with Crippen LogP contribution in [0.25, 0.3) is 0 Å². The Morgan fingerprint density at radius 3 is 2.35 bits per heavy atom. The molecule has 17 heavy (non-hydrogen) atoms. The highest BCUT2D eigenvalue weighted by Crippen LogP contribution is 2.24. The third-order valence-corrected chi connectivity index (χ3v) is 2.90. The summed E-state index contributed by atoms with van der Waals surface area (Å²) in [5.74, 6) is -1.28. The Hall–Kier alpha value is -1.34. The highest BCUT2D eigenvalue weighted by Gasteiger charge is 2.30. The second-order valence-corrected chi connectivity index (χ2v) is 4.02. The molecule has 0 bridgehead atoms. The highest BCUT2D eigenvalue weighted by atomic mass is 16.4.